The van der Waals surface area contributed by atoms with Crippen molar-refractivity contribution in [1.82, 2.24) is 5.32 Å². The summed E-state index contributed by atoms with van der Waals surface area (Å²) in [4.78, 5) is 25.5. The predicted molar refractivity (Wildman–Crippen MR) is 265 cm³/mol. The van der Waals surface area contributed by atoms with Gasteiger partial charge in [-0.15, -0.1) is 0 Å². The first-order chi connectivity index (χ1) is 30.0. The molecule has 3 unspecified atom stereocenters. The highest BCUT2D eigenvalue weighted by atomic mass is 31.2. The number of quaternary nitrogens is 1. The molecule has 0 fully saturated rings. The number of likely N-dealkylation sites (N-methyl/N-ethyl adjacent to an activating group) is 1. The minimum Gasteiger partial charge on any atom is -0.756 e. The molecule has 9 heteroatoms. The van der Waals surface area contributed by atoms with Crippen molar-refractivity contribution in [3.63, 3.8) is 0 Å². The van der Waals surface area contributed by atoms with Gasteiger partial charge in [-0.25, -0.2) is 0 Å². The average molecular weight is 897 g/mol. The Morgan fingerprint density at radius 2 is 0.919 bits per heavy atom. The van der Waals surface area contributed by atoms with Crippen LogP contribution < -0.4 is 10.2 Å². The number of carbonyl (C=O) groups excluding carboxylic acids is 1. The van der Waals surface area contributed by atoms with Gasteiger partial charge in [0.25, 0.3) is 7.82 Å². The summed E-state index contributed by atoms with van der Waals surface area (Å²) in [6.45, 7) is 4.72. The molecule has 0 aromatic rings. The Morgan fingerprint density at radius 1 is 0.565 bits per heavy atom. The summed E-state index contributed by atoms with van der Waals surface area (Å²) >= 11 is 0. The fourth-order valence-electron chi connectivity index (χ4n) is 7.97. The first kappa shape index (κ1) is 61.0. The summed E-state index contributed by atoms with van der Waals surface area (Å²) in [6, 6.07) is -0.801. The summed E-state index contributed by atoms with van der Waals surface area (Å²) in [5, 5.41) is 14.0. The molecule has 0 saturated carbocycles. The molecule has 8 nitrogen and oxygen atoms in total. The first-order valence-corrected chi connectivity index (χ1v) is 28.2. The summed E-state index contributed by atoms with van der Waals surface area (Å²) in [6.07, 6.45) is 54.7. The number of rotatable bonds is 49. The van der Waals surface area contributed by atoms with Crippen molar-refractivity contribution in [3.8, 4) is 0 Å². The van der Waals surface area contributed by atoms with Gasteiger partial charge in [-0.1, -0.05) is 237 Å². The SMILES string of the molecule is CCCCC/C=C\C=C/CCCCCCCCCCCCC(=O)NC(COP(=O)([O-])OCC[N+](C)(C)C)C(O)CCCCCCCCCCCCCCCCCCCCCCC. The average Bonchev–Trinajstić information content (AvgIpc) is 3.23. The molecule has 0 aliphatic carbocycles. The molecule has 3 atom stereocenters. The van der Waals surface area contributed by atoms with E-state index in [9.17, 15) is 19.4 Å². The second-order valence-corrected chi connectivity index (χ2v) is 21.0. The highest BCUT2D eigenvalue weighted by molar-refractivity contribution is 7.45. The highest BCUT2D eigenvalue weighted by Gasteiger charge is 2.24. The van der Waals surface area contributed by atoms with Crippen LogP contribution in [0.5, 0.6) is 0 Å². The number of amides is 1. The Labute approximate surface area is 385 Å². The molecule has 0 radical (unpaired) electrons. The Morgan fingerprint density at radius 3 is 1.34 bits per heavy atom. The zero-order valence-corrected chi connectivity index (χ0v) is 42.7. The summed E-state index contributed by atoms with van der Waals surface area (Å²) in [5.41, 5.74) is 0. The number of unbranched alkanes of at least 4 members (excludes halogenated alkanes) is 33. The number of aliphatic hydroxyl groups is 1. The lowest BCUT2D eigenvalue weighted by Gasteiger charge is -2.30. The van der Waals surface area contributed by atoms with E-state index in [-0.39, 0.29) is 19.1 Å². The second kappa shape index (κ2) is 45.1. The van der Waals surface area contributed by atoms with Crippen LogP contribution in [-0.2, 0) is 18.4 Å². The molecule has 2 N–H and O–H groups in total. The van der Waals surface area contributed by atoms with Gasteiger partial charge in [-0.05, 0) is 38.5 Å². The zero-order valence-electron chi connectivity index (χ0n) is 41.8. The van der Waals surface area contributed by atoms with Crippen molar-refractivity contribution in [2.24, 2.45) is 0 Å². The van der Waals surface area contributed by atoms with Gasteiger partial charge in [0.1, 0.15) is 13.2 Å². The van der Waals surface area contributed by atoms with Crippen molar-refractivity contribution in [1.29, 1.82) is 0 Å². The van der Waals surface area contributed by atoms with Gasteiger partial charge in [-0.3, -0.25) is 9.36 Å². The fraction of sp³-hybridized carbons (Fsp3) is 0.906. The van der Waals surface area contributed by atoms with Gasteiger partial charge in [-0.2, -0.15) is 0 Å². The Hall–Kier alpha value is -1.02. The molecular weight excluding hydrogens is 792 g/mol. The lowest BCUT2D eigenvalue weighted by Crippen LogP contribution is -2.46. The van der Waals surface area contributed by atoms with Gasteiger partial charge in [0.2, 0.25) is 5.91 Å². The smallest absolute Gasteiger partial charge is 0.268 e. The van der Waals surface area contributed by atoms with Crippen LogP contribution in [0.25, 0.3) is 0 Å². The molecule has 0 saturated heterocycles. The van der Waals surface area contributed by atoms with Crippen LogP contribution in [-0.4, -0.2) is 68.5 Å². The second-order valence-electron chi connectivity index (χ2n) is 19.6. The van der Waals surface area contributed by atoms with Crippen molar-refractivity contribution in [2.75, 3.05) is 40.9 Å². The minimum absolute atomic E-state index is 0.0126. The topological polar surface area (TPSA) is 108 Å². The molecule has 62 heavy (non-hydrogen) atoms. The standard InChI is InChI=1S/C53H105N2O6P/c1-6-8-10-12-14-16-18-20-22-24-26-27-29-30-32-34-36-38-40-42-44-46-52(56)51(50-61-62(58,59)60-49-48-55(3,4)5)54-53(57)47-45-43-41-39-37-35-33-31-28-25-23-21-19-17-15-13-11-9-7-2/h15,17,19,21,51-52,56H,6-14,16,18,20,22-50H2,1-5H3,(H-,54,57,58,59)/b17-15-,21-19-. The number of carbonyl (C=O) groups is 1. The summed E-state index contributed by atoms with van der Waals surface area (Å²) in [5.74, 6) is -0.166. The van der Waals surface area contributed by atoms with Gasteiger partial charge in [0.05, 0.1) is 39.9 Å². The summed E-state index contributed by atoms with van der Waals surface area (Å²) < 4.78 is 23.4. The molecule has 0 bridgehead atoms. The quantitative estimate of drug-likeness (QED) is 0.0273. The number of nitrogens with one attached hydrogen (secondary N) is 1. The molecule has 0 heterocycles. The van der Waals surface area contributed by atoms with Crippen molar-refractivity contribution in [3.05, 3.63) is 24.3 Å². The molecule has 0 aliphatic rings. The number of phosphoric ester groups is 1. The van der Waals surface area contributed by atoms with Gasteiger partial charge in [0.15, 0.2) is 0 Å². The Bertz CT molecular complexity index is 1060. The normalized spacial score (nSPS) is 14.2. The molecule has 0 spiro atoms. The van der Waals surface area contributed by atoms with Crippen molar-refractivity contribution >= 4 is 13.7 Å². The van der Waals surface area contributed by atoms with E-state index < -0.39 is 20.0 Å². The number of allylic oxidation sites excluding steroid dienone is 4. The fourth-order valence-corrected chi connectivity index (χ4v) is 8.70. The zero-order chi connectivity index (χ0) is 45.7. The van der Waals surface area contributed by atoms with Gasteiger partial charge in [0, 0.05) is 6.42 Å². The third-order valence-electron chi connectivity index (χ3n) is 12.2. The molecule has 1 amide bonds. The lowest BCUT2D eigenvalue weighted by atomic mass is 10.0. The summed E-state index contributed by atoms with van der Waals surface area (Å²) in [7, 11) is 1.31. The Balaban J connectivity index is 4.22. The molecule has 0 rings (SSSR count). The van der Waals surface area contributed by atoms with Crippen LogP contribution in [0.2, 0.25) is 0 Å². The van der Waals surface area contributed by atoms with Crippen molar-refractivity contribution in [2.45, 2.75) is 270 Å². The minimum atomic E-state index is -4.57. The monoisotopic (exact) mass is 897 g/mol. The molecule has 368 valence electrons. The van der Waals surface area contributed by atoms with Crippen LogP contribution in [0.15, 0.2) is 24.3 Å². The first-order valence-electron chi connectivity index (χ1n) is 26.7. The van der Waals surface area contributed by atoms with Crippen LogP contribution in [0.1, 0.15) is 258 Å². The van der Waals surface area contributed by atoms with Crippen LogP contribution in [0.4, 0.5) is 0 Å². The number of hydrogen-bond acceptors (Lipinski definition) is 6. The highest BCUT2D eigenvalue weighted by Crippen LogP contribution is 2.38. The van der Waals surface area contributed by atoms with E-state index in [0.717, 1.165) is 38.5 Å². The largest absolute Gasteiger partial charge is 0.756 e. The van der Waals surface area contributed by atoms with Crippen LogP contribution in [0.3, 0.4) is 0 Å². The molecule has 0 aromatic carbocycles. The van der Waals surface area contributed by atoms with E-state index >= 15 is 0 Å². The molecule has 0 aliphatic heterocycles. The van der Waals surface area contributed by atoms with Crippen LogP contribution in [0, 0.1) is 0 Å². The maximum absolute atomic E-state index is 12.9. The maximum atomic E-state index is 12.9. The van der Waals surface area contributed by atoms with Gasteiger partial charge >= 0.3 is 0 Å². The van der Waals surface area contributed by atoms with E-state index in [1.54, 1.807) is 0 Å². The van der Waals surface area contributed by atoms with E-state index in [0.29, 0.717) is 23.9 Å². The van der Waals surface area contributed by atoms with E-state index in [1.165, 1.54) is 193 Å². The number of aliphatic hydroxyl groups excluding tert-OH is 1. The maximum Gasteiger partial charge on any atom is 0.268 e. The van der Waals surface area contributed by atoms with Crippen molar-refractivity contribution < 1.29 is 32.9 Å². The number of nitrogens with zero attached hydrogens (tertiary/aromatic N) is 1. The van der Waals surface area contributed by atoms with Crippen LogP contribution >= 0.6 is 7.82 Å². The molecular formula is C53H105N2O6P. The van der Waals surface area contributed by atoms with E-state index in [4.69, 9.17) is 9.05 Å². The van der Waals surface area contributed by atoms with Gasteiger partial charge < -0.3 is 28.8 Å². The number of hydrogen-bond donors (Lipinski definition) is 2. The third-order valence-corrected chi connectivity index (χ3v) is 13.2. The third kappa shape index (κ3) is 47.0. The van der Waals surface area contributed by atoms with E-state index in [2.05, 4.69) is 43.5 Å². The van der Waals surface area contributed by atoms with E-state index in [1.807, 2.05) is 21.1 Å². The lowest BCUT2D eigenvalue weighted by molar-refractivity contribution is -0.870. The predicted octanol–water partition coefficient (Wildman–Crippen LogP) is 15.0. The molecule has 0 aromatic heterocycles. The Kier molecular flexibility index (Phi) is 44.4. The number of phosphoric acid groups is 1.